The van der Waals surface area contributed by atoms with E-state index in [-0.39, 0.29) is 6.04 Å². The topological polar surface area (TPSA) is 29.4 Å². The van der Waals surface area contributed by atoms with Crippen LogP contribution < -0.4 is 0 Å². The van der Waals surface area contributed by atoms with Crippen molar-refractivity contribution in [3.05, 3.63) is 12.2 Å². The van der Waals surface area contributed by atoms with Gasteiger partial charge in [-0.1, -0.05) is 13.0 Å². The molecule has 0 amide bonds. The van der Waals surface area contributed by atoms with Gasteiger partial charge in [-0.15, -0.1) is 0 Å². The Labute approximate surface area is 81.5 Å². The number of nitrogens with zero attached hydrogens (tertiary/aromatic N) is 1. The van der Waals surface area contributed by atoms with Gasteiger partial charge >= 0.3 is 0 Å². The summed E-state index contributed by atoms with van der Waals surface area (Å²) >= 11 is 0. The first-order chi connectivity index (χ1) is 5.91. The van der Waals surface area contributed by atoms with Crippen LogP contribution in [0.2, 0.25) is 0 Å². The van der Waals surface area contributed by atoms with Crippen molar-refractivity contribution >= 4 is 12.6 Å². The maximum absolute atomic E-state index is 11.8. The Morgan fingerprint density at radius 3 is 2.38 bits per heavy atom. The van der Waals surface area contributed by atoms with Crippen molar-refractivity contribution in [1.82, 2.24) is 0 Å². The molecule has 0 saturated heterocycles. The summed E-state index contributed by atoms with van der Waals surface area (Å²) in [5, 5.41) is 0. The molecule has 13 heavy (non-hydrogen) atoms. The second-order valence-electron chi connectivity index (χ2n) is 3.60. The first-order valence-electron chi connectivity index (χ1n) is 4.67. The Hall–Kier alpha value is -0.360. The van der Waals surface area contributed by atoms with Crippen molar-refractivity contribution in [2.45, 2.75) is 33.2 Å². The lowest BCUT2D eigenvalue weighted by Gasteiger charge is -2.10. The van der Waals surface area contributed by atoms with Gasteiger partial charge < -0.3 is 4.57 Å². The zero-order valence-corrected chi connectivity index (χ0v) is 10.1. The zero-order valence-electron chi connectivity index (χ0n) is 9.24. The monoisotopic (exact) mass is 201 g/mol. The van der Waals surface area contributed by atoms with Gasteiger partial charge in [0, 0.05) is 6.04 Å². The van der Waals surface area contributed by atoms with Crippen LogP contribution in [0.1, 0.15) is 27.2 Å². The summed E-state index contributed by atoms with van der Waals surface area (Å²) in [6.07, 6.45) is 4.73. The molecule has 0 spiro atoms. The number of allylic oxidation sites excluding steroid dienone is 2. The smallest absolute Gasteiger partial charge is 0.126 e. The van der Waals surface area contributed by atoms with Crippen molar-refractivity contribution in [3.63, 3.8) is 0 Å². The van der Waals surface area contributed by atoms with E-state index >= 15 is 0 Å². The van der Waals surface area contributed by atoms with Crippen molar-refractivity contribution in [2.75, 3.05) is 13.3 Å². The molecule has 1 atom stereocenters. The second-order valence-corrected chi connectivity index (χ2v) is 6.76. The third-order valence-corrected chi connectivity index (χ3v) is 3.18. The highest BCUT2D eigenvalue weighted by Crippen LogP contribution is 2.39. The molecular weight excluding hydrogens is 181 g/mol. The maximum atomic E-state index is 11.8. The molecule has 0 saturated carbocycles. The Morgan fingerprint density at radius 1 is 1.54 bits per heavy atom. The summed E-state index contributed by atoms with van der Waals surface area (Å²) in [7, 11) is -2.20. The minimum atomic E-state index is -2.20. The van der Waals surface area contributed by atoms with Gasteiger partial charge in [-0.3, -0.25) is 4.99 Å². The van der Waals surface area contributed by atoms with E-state index in [2.05, 4.69) is 11.9 Å². The fraction of sp³-hybridized carbons (Fsp3) is 0.700. The number of hydrogen-bond donors (Lipinski definition) is 0. The Bertz CT molecular complexity index is 250. The summed E-state index contributed by atoms with van der Waals surface area (Å²) in [5.41, 5.74) is 0.754. The molecule has 1 unspecified atom stereocenters. The third kappa shape index (κ3) is 5.05. The molecule has 0 aliphatic rings. The molecule has 0 rings (SSSR count). The zero-order chi connectivity index (χ0) is 10.5. The van der Waals surface area contributed by atoms with Crippen LogP contribution in [0.4, 0.5) is 0 Å². The average molecular weight is 201 g/mol. The fourth-order valence-electron chi connectivity index (χ4n) is 0.828. The van der Waals surface area contributed by atoms with Gasteiger partial charge in [0.1, 0.15) is 7.14 Å². The molecule has 0 aromatic heterocycles. The summed E-state index contributed by atoms with van der Waals surface area (Å²) in [6, 6.07) is 0.263. The van der Waals surface area contributed by atoms with E-state index in [1.165, 1.54) is 0 Å². The Balaban J connectivity index is 4.82. The molecule has 0 radical (unpaired) electrons. The highest BCUT2D eigenvalue weighted by atomic mass is 31.2. The minimum Gasteiger partial charge on any atom is -0.318 e. The van der Waals surface area contributed by atoms with Crippen molar-refractivity contribution < 1.29 is 4.57 Å². The molecule has 0 aliphatic heterocycles. The lowest BCUT2D eigenvalue weighted by atomic mass is 10.3. The van der Waals surface area contributed by atoms with Gasteiger partial charge in [-0.05, 0) is 39.7 Å². The SMILES string of the molecule is C/C=C\C(=NC(C)CC)P(C)(C)=O. The lowest BCUT2D eigenvalue weighted by molar-refractivity contribution is 0.589. The van der Waals surface area contributed by atoms with Crippen molar-refractivity contribution in [2.24, 2.45) is 4.99 Å². The van der Waals surface area contributed by atoms with Crippen LogP contribution in [0.3, 0.4) is 0 Å². The van der Waals surface area contributed by atoms with E-state index in [9.17, 15) is 4.57 Å². The molecule has 0 aromatic rings. The Kier molecular flexibility index (Phi) is 5.24. The van der Waals surface area contributed by atoms with Crippen LogP contribution >= 0.6 is 7.14 Å². The van der Waals surface area contributed by atoms with E-state index in [1.807, 2.05) is 26.0 Å². The van der Waals surface area contributed by atoms with Crippen LogP contribution in [-0.2, 0) is 4.57 Å². The van der Waals surface area contributed by atoms with Gasteiger partial charge in [0.25, 0.3) is 0 Å². The number of rotatable bonds is 4. The highest BCUT2D eigenvalue weighted by molar-refractivity contribution is 7.80. The number of aliphatic imine (C=N–C) groups is 1. The van der Waals surface area contributed by atoms with Gasteiger partial charge in [0.15, 0.2) is 0 Å². The lowest BCUT2D eigenvalue weighted by Crippen LogP contribution is -2.02. The Morgan fingerprint density at radius 2 is 2.08 bits per heavy atom. The van der Waals surface area contributed by atoms with Crippen LogP contribution in [0.25, 0.3) is 0 Å². The normalized spacial score (nSPS) is 16.5. The van der Waals surface area contributed by atoms with Crippen LogP contribution in [0.5, 0.6) is 0 Å². The van der Waals surface area contributed by atoms with Gasteiger partial charge in [-0.2, -0.15) is 0 Å². The van der Waals surface area contributed by atoms with Crippen LogP contribution in [0, 0.1) is 0 Å². The van der Waals surface area contributed by atoms with Crippen LogP contribution in [-0.4, -0.2) is 24.8 Å². The molecule has 0 N–H and O–H groups in total. The molecule has 0 fully saturated rings. The largest absolute Gasteiger partial charge is 0.318 e. The van der Waals surface area contributed by atoms with Crippen LogP contribution in [0.15, 0.2) is 17.1 Å². The summed E-state index contributed by atoms with van der Waals surface area (Å²) in [5.74, 6) is 0. The minimum absolute atomic E-state index is 0.263. The van der Waals surface area contributed by atoms with Crippen molar-refractivity contribution in [3.8, 4) is 0 Å². The van der Waals surface area contributed by atoms with Gasteiger partial charge in [0.05, 0.1) is 5.45 Å². The predicted octanol–water partition coefficient (Wildman–Crippen LogP) is 3.38. The second kappa shape index (κ2) is 5.39. The average Bonchev–Trinajstić information content (AvgIpc) is 2.01. The molecule has 0 heterocycles. The maximum Gasteiger partial charge on any atom is 0.126 e. The van der Waals surface area contributed by atoms with E-state index in [0.717, 1.165) is 11.9 Å². The predicted molar refractivity (Wildman–Crippen MR) is 61.5 cm³/mol. The summed E-state index contributed by atoms with van der Waals surface area (Å²) < 4.78 is 11.8. The summed E-state index contributed by atoms with van der Waals surface area (Å²) in [6.45, 7) is 9.56. The molecule has 0 aromatic carbocycles. The molecule has 0 aliphatic carbocycles. The first kappa shape index (κ1) is 12.6. The van der Waals surface area contributed by atoms with Gasteiger partial charge in [0.2, 0.25) is 0 Å². The van der Waals surface area contributed by atoms with E-state index < -0.39 is 7.14 Å². The van der Waals surface area contributed by atoms with E-state index in [1.54, 1.807) is 13.3 Å². The standard InChI is InChI=1S/C10H20NOP/c1-6-8-10(13(4,5)12)11-9(3)7-2/h6,8-9H,7H2,1-5H3/b8-6-,11-10?. The quantitative estimate of drug-likeness (QED) is 0.506. The highest BCUT2D eigenvalue weighted by Gasteiger charge is 2.14. The first-order valence-corrected chi connectivity index (χ1v) is 7.28. The fourth-order valence-corrected chi connectivity index (χ4v) is 1.81. The van der Waals surface area contributed by atoms with E-state index in [4.69, 9.17) is 0 Å². The molecular formula is C10H20NOP. The molecule has 2 nitrogen and oxygen atoms in total. The molecule has 3 heteroatoms. The third-order valence-electron chi connectivity index (χ3n) is 1.81. The van der Waals surface area contributed by atoms with Gasteiger partial charge in [-0.25, -0.2) is 0 Å². The molecule has 76 valence electrons. The molecule has 0 bridgehead atoms. The van der Waals surface area contributed by atoms with E-state index in [0.29, 0.717) is 0 Å². The van der Waals surface area contributed by atoms with Crippen molar-refractivity contribution in [1.29, 1.82) is 0 Å². The summed E-state index contributed by atoms with van der Waals surface area (Å²) in [4.78, 5) is 4.42. The number of hydrogen-bond acceptors (Lipinski definition) is 2.